The second-order valence-corrected chi connectivity index (χ2v) is 10.4. The van der Waals surface area contributed by atoms with Crippen LogP contribution in [0.15, 0.2) is 71.1 Å². The van der Waals surface area contributed by atoms with Crippen LogP contribution in [0, 0.1) is 13.8 Å². The van der Waals surface area contributed by atoms with Crippen LogP contribution in [0.5, 0.6) is 0 Å². The molecular formula is C32H31N3O. The van der Waals surface area contributed by atoms with Gasteiger partial charge in [-0.15, -0.1) is 0 Å². The molecule has 4 nitrogen and oxygen atoms in total. The molecule has 0 radical (unpaired) electrons. The lowest BCUT2D eigenvalue weighted by Gasteiger charge is -2.22. The van der Waals surface area contributed by atoms with Gasteiger partial charge in [0.1, 0.15) is 22.5 Å². The molecule has 0 amide bonds. The van der Waals surface area contributed by atoms with Crippen LogP contribution in [0.4, 0.5) is 0 Å². The third-order valence-corrected chi connectivity index (χ3v) is 7.16. The molecule has 180 valence electrons. The molecule has 3 heterocycles. The molecule has 3 aromatic heterocycles. The minimum Gasteiger partial charge on any atom is -0.455 e. The predicted molar refractivity (Wildman–Crippen MR) is 149 cm³/mol. The Morgan fingerprint density at radius 1 is 0.750 bits per heavy atom. The van der Waals surface area contributed by atoms with E-state index in [0.29, 0.717) is 11.8 Å². The van der Waals surface area contributed by atoms with Gasteiger partial charge in [0, 0.05) is 16.5 Å². The van der Waals surface area contributed by atoms with Crippen molar-refractivity contribution in [1.29, 1.82) is 0 Å². The fourth-order valence-corrected chi connectivity index (χ4v) is 5.48. The van der Waals surface area contributed by atoms with Crippen molar-refractivity contribution in [2.24, 2.45) is 0 Å². The first-order chi connectivity index (χ1) is 17.3. The number of aryl methyl sites for hydroxylation is 2. The van der Waals surface area contributed by atoms with Crippen molar-refractivity contribution in [3.05, 3.63) is 89.2 Å². The average molecular weight is 474 g/mol. The monoisotopic (exact) mass is 473 g/mol. The summed E-state index contributed by atoms with van der Waals surface area (Å²) in [6.45, 7) is 13.2. The zero-order valence-electron chi connectivity index (χ0n) is 21.8. The lowest BCUT2D eigenvalue weighted by atomic mass is 9.92. The smallest absolute Gasteiger partial charge is 0.149 e. The number of furan rings is 1. The summed E-state index contributed by atoms with van der Waals surface area (Å²) in [5.41, 5.74) is 10.5. The van der Waals surface area contributed by atoms with Gasteiger partial charge in [0.25, 0.3) is 0 Å². The summed E-state index contributed by atoms with van der Waals surface area (Å²) in [5.74, 6) is 1.60. The van der Waals surface area contributed by atoms with E-state index in [-0.39, 0.29) is 0 Å². The van der Waals surface area contributed by atoms with Gasteiger partial charge >= 0.3 is 0 Å². The molecule has 0 bridgehead atoms. The third kappa shape index (κ3) is 3.35. The van der Waals surface area contributed by atoms with Gasteiger partial charge in [-0.25, -0.2) is 4.98 Å². The SMILES string of the molecule is Cc1cc2c(nc(-c3cccc4c3oc3ccccc34)n2-c2c(C(C)C)cccc2C(C)C)c(C)n1. The molecule has 0 N–H and O–H groups in total. The Hall–Kier alpha value is -3.92. The number of aromatic nitrogens is 3. The number of imidazole rings is 1. The van der Waals surface area contributed by atoms with Crippen LogP contribution >= 0.6 is 0 Å². The summed E-state index contributed by atoms with van der Waals surface area (Å²) >= 11 is 0. The van der Waals surface area contributed by atoms with Crippen LogP contribution in [0.1, 0.15) is 62.0 Å². The molecule has 0 aliphatic heterocycles. The van der Waals surface area contributed by atoms with Crippen LogP contribution in [0.2, 0.25) is 0 Å². The highest BCUT2D eigenvalue weighted by Crippen LogP contribution is 2.41. The van der Waals surface area contributed by atoms with Crippen molar-refractivity contribution in [3.63, 3.8) is 0 Å². The molecule has 0 unspecified atom stereocenters. The van der Waals surface area contributed by atoms with Gasteiger partial charge < -0.3 is 4.42 Å². The van der Waals surface area contributed by atoms with Gasteiger partial charge in [-0.05, 0) is 55.0 Å². The maximum atomic E-state index is 6.47. The van der Waals surface area contributed by atoms with E-state index in [2.05, 4.69) is 101 Å². The summed E-state index contributed by atoms with van der Waals surface area (Å²) in [6, 6.07) is 23.5. The quantitative estimate of drug-likeness (QED) is 0.257. The molecule has 36 heavy (non-hydrogen) atoms. The van der Waals surface area contributed by atoms with E-state index in [9.17, 15) is 0 Å². The average Bonchev–Trinajstić information content (AvgIpc) is 3.42. The first kappa shape index (κ1) is 22.5. The van der Waals surface area contributed by atoms with Crippen molar-refractivity contribution >= 4 is 33.0 Å². The Balaban J connectivity index is 1.81. The van der Waals surface area contributed by atoms with Gasteiger partial charge in [-0.2, -0.15) is 0 Å². The molecule has 6 aromatic rings. The normalized spacial score (nSPS) is 12.1. The minimum absolute atomic E-state index is 0.357. The number of hydrogen-bond acceptors (Lipinski definition) is 3. The van der Waals surface area contributed by atoms with E-state index in [0.717, 1.165) is 55.7 Å². The maximum absolute atomic E-state index is 6.47. The van der Waals surface area contributed by atoms with Gasteiger partial charge in [-0.3, -0.25) is 9.55 Å². The van der Waals surface area contributed by atoms with Crippen LogP contribution in [-0.4, -0.2) is 14.5 Å². The van der Waals surface area contributed by atoms with E-state index in [1.165, 1.54) is 16.8 Å². The maximum Gasteiger partial charge on any atom is 0.149 e. The minimum atomic E-state index is 0.357. The molecule has 0 aliphatic carbocycles. The number of nitrogens with zero attached hydrogens (tertiary/aromatic N) is 3. The number of benzene rings is 3. The molecule has 0 saturated heterocycles. The topological polar surface area (TPSA) is 43.9 Å². The highest BCUT2D eigenvalue weighted by molar-refractivity contribution is 6.09. The molecule has 4 heteroatoms. The summed E-state index contributed by atoms with van der Waals surface area (Å²) < 4.78 is 8.83. The summed E-state index contributed by atoms with van der Waals surface area (Å²) in [5, 5.41) is 2.23. The Labute approximate surface area is 211 Å². The number of hydrogen-bond donors (Lipinski definition) is 0. The molecule has 0 spiro atoms. The molecule has 6 rings (SSSR count). The second-order valence-electron chi connectivity index (χ2n) is 10.4. The fraction of sp³-hybridized carbons (Fsp3) is 0.250. The van der Waals surface area contributed by atoms with Crippen LogP contribution < -0.4 is 0 Å². The van der Waals surface area contributed by atoms with E-state index in [1.54, 1.807) is 0 Å². The molecular weight excluding hydrogens is 442 g/mol. The first-order valence-corrected chi connectivity index (χ1v) is 12.8. The third-order valence-electron chi connectivity index (χ3n) is 7.16. The van der Waals surface area contributed by atoms with Crippen molar-refractivity contribution in [2.45, 2.75) is 53.4 Å². The second kappa shape index (κ2) is 8.34. The zero-order valence-corrected chi connectivity index (χ0v) is 21.8. The highest BCUT2D eigenvalue weighted by Gasteiger charge is 2.25. The lowest BCUT2D eigenvalue weighted by Crippen LogP contribution is -2.08. The lowest BCUT2D eigenvalue weighted by molar-refractivity contribution is 0.669. The van der Waals surface area contributed by atoms with Gasteiger partial charge in [0.15, 0.2) is 0 Å². The van der Waals surface area contributed by atoms with Crippen molar-refractivity contribution in [1.82, 2.24) is 14.5 Å². The number of rotatable bonds is 4. The zero-order chi connectivity index (χ0) is 25.1. The Bertz CT molecular complexity index is 1740. The Kier molecular flexibility index (Phi) is 5.22. The molecule has 3 aromatic carbocycles. The number of para-hydroxylation sites is 3. The van der Waals surface area contributed by atoms with E-state index in [4.69, 9.17) is 14.4 Å². The van der Waals surface area contributed by atoms with Crippen LogP contribution in [0.25, 0.3) is 50.0 Å². The molecule has 0 fully saturated rings. The van der Waals surface area contributed by atoms with Gasteiger partial charge in [0.2, 0.25) is 0 Å². The van der Waals surface area contributed by atoms with Crippen molar-refractivity contribution in [2.75, 3.05) is 0 Å². The number of fused-ring (bicyclic) bond motifs is 4. The molecule has 0 aliphatic rings. The van der Waals surface area contributed by atoms with E-state index >= 15 is 0 Å². The molecule has 0 saturated carbocycles. The summed E-state index contributed by atoms with van der Waals surface area (Å²) in [7, 11) is 0. The van der Waals surface area contributed by atoms with Crippen molar-refractivity contribution < 1.29 is 4.42 Å². The van der Waals surface area contributed by atoms with Crippen molar-refractivity contribution in [3.8, 4) is 17.1 Å². The van der Waals surface area contributed by atoms with Gasteiger partial charge in [-0.1, -0.05) is 76.2 Å². The molecule has 0 atom stereocenters. The number of pyridine rings is 1. The highest BCUT2D eigenvalue weighted by atomic mass is 16.3. The van der Waals surface area contributed by atoms with E-state index in [1.807, 2.05) is 12.1 Å². The van der Waals surface area contributed by atoms with E-state index < -0.39 is 0 Å². The fourth-order valence-electron chi connectivity index (χ4n) is 5.48. The summed E-state index contributed by atoms with van der Waals surface area (Å²) in [6.07, 6.45) is 0. The van der Waals surface area contributed by atoms with Crippen LogP contribution in [-0.2, 0) is 0 Å². The Morgan fingerprint density at radius 2 is 1.42 bits per heavy atom. The Morgan fingerprint density at radius 3 is 2.14 bits per heavy atom. The largest absolute Gasteiger partial charge is 0.455 e. The van der Waals surface area contributed by atoms with Gasteiger partial charge in [0.05, 0.1) is 22.5 Å². The standard InChI is InChI=1S/C32H31N3O/c1-18(2)22-12-9-13-23(19(3)4)30(22)35-27-17-20(5)33-21(6)29(27)34-32(35)26-15-10-14-25-24-11-7-8-16-28(24)36-31(25)26/h7-19H,1-6H3. The predicted octanol–water partition coefficient (Wildman–Crippen LogP) is 8.85. The van der Waals surface area contributed by atoms with Crippen LogP contribution in [0.3, 0.4) is 0 Å². The first-order valence-electron chi connectivity index (χ1n) is 12.8. The summed E-state index contributed by atoms with van der Waals surface area (Å²) in [4.78, 5) is 10.0.